The number of nitrogens with one attached hydrogen (secondary N) is 1. The van der Waals surface area contributed by atoms with E-state index in [1.165, 1.54) is 0 Å². The van der Waals surface area contributed by atoms with Gasteiger partial charge in [-0.25, -0.2) is 0 Å². The summed E-state index contributed by atoms with van der Waals surface area (Å²) in [5.41, 5.74) is 0.837. The van der Waals surface area contributed by atoms with Crippen molar-refractivity contribution >= 4 is 15.9 Å². The lowest BCUT2D eigenvalue weighted by molar-refractivity contribution is 0.152. The fourth-order valence-corrected chi connectivity index (χ4v) is 2.02. The van der Waals surface area contributed by atoms with E-state index in [-0.39, 0.29) is 5.54 Å². The van der Waals surface area contributed by atoms with Crippen molar-refractivity contribution in [3.63, 3.8) is 0 Å². The zero-order chi connectivity index (χ0) is 12.3. The fraction of sp³-hybridized carbons (Fsp3) is 0.727. The van der Waals surface area contributed by atoms with E-state index in [1.54, 1.807) is 10.9 Å². The van der Waals surface area contributed by atoms with Crippen LogP contribution in [0.4, 0.5) is 0 Å². The molecule has 0 aliphatic rings. The maximum atomic E-state index is 10.1. The van der Waals surface area contributed by atoms with Gasteiger partial charge < -0.3 is 10.4 Å². The third kappa shape index (κ3) is 3.57. The van der Waals surface area contributed by atoms with Gasteiger partial charge in [-0.1, -0.05) is 0 Å². The number of hydrogen-bond donors (Lipinski definition) is 2. The van der Waals surface area contributed by atoms with Crippen molar-refractivity contribution < 1.29 is 5.11 Å². The lowest BCUT2D eigenvalue weighted by Gasteiger charge is -2.23. The fourth-order valence-electron chi connectivity index (χ4n) is 1.45. The van der Waals surface area contributed by atoms with Crippen molar-refractivity contribution in [2.75, 3.05) is 6.54 Å². The lowest BCUT2D eigenvalue weighted by atomic mass is 10.1. The van der Waals surface area contributed by atoms with E-state index in [4.69, 9.17) is 0 Å². The summed E-state index contributed by atoms with van der Waals surface area (Å²) >= 11 is 3.41. The first-order chi connectivity index (χ1) is 7.35. The highest BCUT2D eigenvalue weighted by Crippen LogP contribution is 2.23. The standard InChI is InChI=1S/C11H20BrN3O/c1-5-15-10(8(12)6-14-15)9(16)7-13-11(2,3)4/h6,9,13,16H,5,7H2,1-4H3. The highest BCUT2D eigenvalue weighted by molar-refractivity contribution is 9.10. The first-order valence-electron chi connectivity index (χ1n) is 5.49. The van der Waals surface area contributed by atoms with Gasteiger partial charge >= 0.3 is 0 Å². The Labute approximate surface area is 105 Å². The molecule has 1 aromatic rings. The minimum absolute atomic E-state index is 0.00449. The molecule has 1 unspecified atom stereocenters. The van der Waals surface area contributed by atoms with Crippen LogP contribution in [0.3, 0.4) is 0 Å². The summed E-state index contributed by atoms with van der Waals surface area (Å²) in [5, 5.41) is 17.6. The summed E-state index contributed by atoms with van der Waals surface area (Å²) < 4.78 is 2.66. The largest absolute Gasteiger partial charge is 0.385 e. The van der Waals surface area contributed by atoms with Crippen LogP contribution in [-0.2, 0) is 6.54 Å². The van der Waals surface area contributed by atoms with Crippen molar-refractivity contribution in [3.8, 4) is 0 Å². The molecule has 0 saturated heterocycles. The molecule has 5 heteroatoms. The Hall–Kier alpha value is -0.390. The zero-order valence-corrected chi connectivity index (χ0v) is 11.9. The van der Waals surface area contributed by atoms with Gasteiger partial charge in [0.2, 0.25) is 0 Å². The Bertz CT molecular complexity index is 343. The van der Waals surface area contributed by atoms with Crippen LogP contribution in [0.5, 0.6) is 0 Å². The molecule has 1 heterocycles. The molecule has 1 atom stereocenters. The van der Waals surface area contributed by atoms with E-state index in [9.17, 15) is 5.11 Å². The molecule has 0 fully saturated rings. The molecule has 0 aliphatic carbocycles. The normalized spacial score (nSPS) is 14.1. The highest BCUT2D eigenvalue weighted by Gasteiger charge is 2.19. The van der Waals surface area contributed by atoms with E-state index < -0.39 is 6.10 Å². The van der Waals surface area contributed by atoms with E-state index >= 15 is 0 Å². The van der Waals surface area contributed by atoms with E-state index in [1.807, 2.05) is 6.92 Å². The van der Waals surface area contributed by atoms with E-state index in [2.05, 4.69) is 47.1 Å². The predicted octanol–water partition coefficient (Wildman–Crippen LogP) is 2.09. The van der Waals surface area contributed by atoms with Crippen molar-refractivity contribution in [2.24, 2.45) is 0 Å². The van der Waals surface area contributed by atoms with Crippen LogP contribution in [0.2, 0.25) is 0 Å². The average molecular weight is 290 g/mol. The summed E-state index contributed by atoms with van der Waals surface area (Å²) in [4.78, 5) is 0. The number of aliphatic hydroxyl groups excluding tert-OH is 1. The van der Waals surface area contributed by atoms with Gasteiger partial charge in [-0.05, 0) is 43.6 Å². The van der Waals surface area contributed by atoms with Crippen molar-refractivity contribution in [1.82, 2.24) is 15.1 Å². The smallest absolute Gasteiger partial charge is 0.109 e. The first kappa shape index (κ1) is 13.7. The molecule has 0 bridgehead atoms. The van der Waals surface area contributed by atoms with Gasteiger partial charge in [0, 0.05) is 18.6 Å². The lowest BCUT2D eigenvalue weighted by Crippen LogP contribution is -2.39. The molecule has 0 amide bonds. The Morgan fingerprint density at radius 1 is 1.56 bits per heavy atom. The third-order valence-electron chi connectivity index (χ3n) is 2.27. The minimum Gasteiger partial charge on any atom is -0.385 e. The molecule has 2 N–H and O–H groups in total. The van der Waals surface area contributed by atoms with Crippen LogP contribution in [-0.4, -0.2) is 27.0 Å². The molecule has 92 valence electrons. The quantitative estimate of drug-likeness (QED) is 0.892. The van der Waals surface area contributed by atoms with Gasteiger partial charge in [0.25, 0.3) is 0 Å². The second kappa shape index (κ2) is 5.29. The Kier molecular flexibility index (Phi) is 4.52. The molecule has 0 radical (unpaired) electrons. The zero-order valence-electron chi connectivity index (χ0n) is 10.3. The monoisotopic (exact) mass is 289 g/mol. The van der Waals surface area contributed by atoms with Crippen molar-refractivity contribution in [2.45, 2.75) is 45.9 Å². The van der Waals surface area contributed by atoms with Crippen LogP contribution in [0.15, 0.2) is 10.7 Å². The molecule has 16 heavy (non-hydrogen) atoms. The van der Waals surface area contributed by atoms with Gasteiger partial charge in [0.15, 0.2) is 0 Å². The highest BCUT2D eigenvalue weighted by atomic mass is 79.9. The van der Waals surface area contributed by atoms with Gasteiger partial charge in [-0.15, -0.1) is 0 Å². The Morgan fingerprint density at radius 2 is 2.19 bits per heavy atom. The number of aryl methyl sites for hydroxylation is 1. The molecule has 0 saturated carbocycles. The van der Waals surface area contributed by atoms with Gasteiger partial charge in [-0.2, -0.15) is 5.10 Å². The molecular formula is C11H20BrN3O. The SMILES string of the molecule is CCn1ncc(Br)c1C(O)CNC(C)(C)C. The third-order valence-corrected chi connectivity index (χ3v) is 2.89. The molecule has 1 rings (SSSR count). The van der Waals surface area contributed by atoms with E-state index in [0.29, 0.717) is 6.54 Å². The Morgan fingerprint density at radius 3 is 2.69 bits per heavy atom. The van der Waals surface area contributed by atoms with Crippen LogP contribution >= 0.6 is 15.9 Å². The van der Waals surface area contributed by atoms with Crippen molar-refractivity contribution in [3.05, 3.63) is 16.4 Å². The molecule has 0 spiro atoms. The number of β-amino-alcohol motifs (C(OH)–C–C–N with tert-alkyl or cyclic N) is 1. The number of aromatic nitrogens is 2. The molecule has 0 aromatic carbocycles. The summed E-state index contributed by atoms with van der Waals surface area (Å²) in [5.74, 6) is 0. The summed E-state index contributed by atoms with van der Waals surface area (Å²) in [6.45, 7) is 9.51. The molecule has 4 nitrogen and oxygen atoms in total. The van der Waals surface area contributed by atoms with Crippen LogP contribution < -0.4 is 5.32 Å². The number of halogens is 1. The minimum atomic E-state index is -0.545. The number of rotatable bonds is 4. The van der Waals surface area contributed by atoms with Crippen LogP contribution in [0.1, 0.15) is 39.5 Å². The van der Waals surface area contributed by atoms with Crippen LogP contribution in [0, 0.1) is 0 Å². The number of aliphatic hydroxyl groups is 1. The Balaban J connectivity index is 2.72. The van der Waals surface area contributed by atoms with Gasteiger partial charge in [-0.3, -0.25) is 4.68 Å². The van der Waals surface area contributed by atoms with Crippen LogP contribution in [0.25, 0.3) is 0 Å². The predicted molar refractivity (Wildman–Crippen MR) is 68.3 cm³/mol. The summed E-state index contributed by atoms with van der Waals surface area (Å²) in [6.07, 6.45) is 1.18. The summed E-state index contributed by atoms with van der Waals surface area (Å²) in [7, 11) is 0. The maximum absolute atomic E-state index is 10.1. The van der Waals surface area contributed by atoms with Gasteiger partial charge in [0.1, 0.15) is 6.10 Å². The summed E-state index contributed by atoms with van der Waals surface area (Å²) in [6, 6.07) is 0. The second-order valence-corrected chi connectivity index (χ2v) is 5.69. The second-order valence-electron chi connectivity index (χ2n) is 4.84. The van der Waals surface area contributed by atoms with E-state index in [0.717, 1.165) is 16.7 Å². The topological polar surface area (TPSA) is 50.1 Å². The molecular weight excluding hydrogens is 270 g/mol. The van der Waals surface area contributed by atoms with Crippen molar-refractivity contribution in [1.29, 1.82) is 0 Å². The number of nitrogens with zero attached hydrogens (tertiary/aromatic N) is 2. The maximum Gasteiger partial charge on any atom is 0.109 e. The first-order valence-corrected chi connectivity index (χ1v) is 6.28. The molecule has 0 aliphatic heterocycles. The van der Waals surface area contributed by atoms with Gasteiger partial charge in [0.05, 0.1) is 16.4 Å². The average Bonchev–Trinajstić information content (AvgIpc) is 2.55. The number of hydrogen-bond acceptors (Lipinski definition) is 3. The molecule has 1 aromatic heterocycles.